The van der Waals surface area contributed by atoms with Crippen LogP contribution in [0.15, 0.2) is 107 Å². The van der Waals surface area contributed by atoms with E-state index in [1.807, 2.05) is 11.5 Å². The first-order valence-corrected chi connectivity index (χ1v) is 32.3. The predicted octanol–water partition coefficient (Wildman–Crippen LogP) is 14.1. The van der Waals surface area contributed by atoms with Crippen molar-refractivity contribution in [3.8, 4) is 23.0 Å². The Morgan fingerprint density at radius 3 is 1.58 bits per heavy atom. The molecular weight excluding hydrogens is 1190 g/mol. The molecular formula is C52H50Cl6N6O11S2Si. The van der Waals surface area contributed by atoms with Gasteiger partial charge in [0.25, 0.3) is 20.0 Å². The highest BCUT2D eigenvalue weighted by Crippen LogP contribution is 2.41. The lowest BCUT2D eigenvalue weighted by molar-refractivity contribution is -0.140. The fourth-order valence-corrected chi connectivity index (χ4v) is 12.3. The van der Waals surface area contributed by atoms with Crippen molar-refractivity contribution in [2.75, 3.05) is 30.3 Å². The van der Waals surface area contributed by atoms with E-state index in [0.717, 1.165) is 6.04 Å². The number of sulfonamides is 2. The van der Waals surface area contributed by atoms with Gasteiger partial charge in [-0.3, -0.25) is 19.0 Å². The topological polar surface area (TPSA) is 219 Å². The van der Waals surface area contributed by atoms with Gasteiger partial charge in [-0.25, -0.2) is 26.8 Å². The number of esters is 2. The van der Waals surface area contributed by atoms with Crippen LogP contribution in [0.4, 0.5) is 11.4 Å². The molecule has 3 N–H and O–H groups in total. The number of carbonyl (C=O) groups excluding carboxylic acids is 2. The standard InChI is InChI=1S/C29H32Cl3N3O6SSi.C23H18Cl3N3O5S/c1-18-33-23-15-24(34-42(37,38)28-9-7-20(30)14-22(28)32)27(16-25(23)35(18)17-40-10-11-43(3,4)5)41-26-8-6-19(12-21(26)31)13-29(36)39-2;1-12-27-17-10-19(29-35(31,32)22-6-4-14(24)9-16(22)26)21(11-18(17)28-12)34-20-5-3-13(7-15(20)25)8-23(30)33-2/h6-9,12,14-16,34H,10-11,13,17H2,1-5H3;3-7,9-11,29H,8H2,1-2H3,(H,27,28). The van der Waals surface area contributed by atoms with Crippen LogP contribution in [-0.2, 0) is 63.4 Å². The Morgan fingerprint density at radius 2 is 1.10 bits per heavy atom. The number of aryl methyl sites for hydroxylation is 2. The maximum Gasteiger partial charge on any atom is 0.309 e. The maximum atomic E-state index is 13.4. The highest BCUT2D eigenvalue weighted by molar-refractivity contribution is 7.93. The zero-order valence-electron chi connectivity index (χ0n) is 42.7. The molecule has 0 aliphatic rings. The number of nitrogens with one attached hydrogen (secondary N) is 3. The Labute approximate surface area is 481 Å². The second kappa shape index (κ2) is 25.1. The normalized spacial score (nSPS) is 11.8. The second-order valence-corrected chi connectivity index (χ2v) is 30.0. The number of nitrogens with zero attached hydrogens (tertiary/aromatic N) is 3. The minimum Gasteiger partial charge on any atom is -0.469 e. The van der Waals surface area contributed by atoms with Gasteiger partial charge >= 0.3 is 11.9 Å². The van der Waals surface area contributed by atoms with Crippen LogP contribution >= 0.6 is 69.6 Å². The van der Waals surface area contributed by atoms with E-state index in [-0.39, 0.29) is 83.8 Å². The van der Waals surface area contributed by atoms with E-state index >= 15 is 0 Å². The van der Waals surface area contributed by atoms with Crippen LogP contribution in [0.25, 0.3) is 22.1 Å². The van der Waals surface area contributed by atoms with Gasteiger partial charge in [-0.2, -0.15) is 0 Å². The van der Waals surface area contributed by atoms with Crippen molar-refractivity contribution < 1.29 is 50.1 Å². The van der Waals surface area contributed by atoms with Gasteiger partial charge in [-0.05, 0) is 104 Å². The van der Waals surface area contributed by atoms with E-state index in [9.17, 15) is 26.4 Å². The van der Waals surface area contributed by atoms with Gasteiger partial charge in [0.05, 0.1) is 80.6 Å². The molecule has 0 saturated carbocycles. The molecule has 0 saturated heterocycles. The molecule has 6 aromatic carbocycles. The number of H-pyrrole nitrogens is 1. The van der Waals surface area contributed by atoms with Crippen LogP contribution in [0.1, 0.15) is 22.8 Å². The molecule has 0 radical (unpaired) electrons. The summed E-state index contributed by atoms with van der Waals surface area (Å²) in [6.07, 6.45) is 0.0768. The van der Waals surface area contributed by atoms with Crippen molar-refractivity contribution in [2.24, 2.45) is 0 Å². The van der Waals surface area contributed by atoms with Gasteiger partial charge in [0.1, 0.15) is 39.7 Å². The van der Waals surface area contributed by atoms with E-state index in [0.29, 0.717) is 61.5 Å². The zero-order chi connectivity index (χ0) is 56.9. The Morgan fingerprint density at radius 1 is 0.603 bits per heavy atom. The number of benzene rings is 6. The third-order valence-corrected chi connectivity index (χ3v) is 17.9. The van der Waals surface area contributed by atoms with E-state index in [1.165, 1.54) is 50.6 Å². The number of anilines is 2. The molecule has 2 aromatic heterocycles. The summed E-state index contributed by atoms with van der Waals surface area (Å²) >= 11 is 37.1. The van der Waals surface area contributed by atoms with Gasteiger partial charge in [0.15, 0.2) is 11.5 Å². The van der Waals surface area contributed by atoms with E-state index in [2.05, 4.69) is 48.8 Å². The molecule has 0 atom stereocenters. The van der Waals surface area contributed by atoms with E-state index in [4.69, 9.17) is 88.6 Å². The Bertz CT molecular complexity index is 3820. The number of imidazole rings is 2. The summed E-state index contributed by atoms with van der Waals surface area (Å²) in [4.78, 5) is 35.0. The van der Waals surface area contributed by atoms with Gasteiger partial charge in [0.2, 0.25) is 0 Å². The minimum absolute atomic E-state index is 0.0322. The molecule has 0 spiro atoms. The Kier molecular flexibility index (Phi) is 19.3. The summed E-state index contributed by atoms with van der Waals surface area (Å²) in [7, 11) is -6.95. The summed E-state index contributed by atoms with van der Waals surface area (Å²) in [6.45, 7) is 11.3. The number of halogens is 6. The number of carbonyl (C=O) groups is 2. The average molecular weight is 1240 g/mol. The highest BCUT2D eigenvalue weighted by Gasteiger charge is 2.25. The number of fused-ring (bicyclic) bond motifs is 2. The molecule has 17 nitrogen and oxygen atoms in total. The minimum atomic E-state index is -4.17. The van der Waals surface area contributed by atoms with Crippen molar-refractivity contribution in [3.05, 3.63) is 150 Å². The monoisotopic (exact) mass is 1240 g/mol. The zero-order valence-corrected chi connectivity index (χ0v) is 49.9. The molecule has 0 aliphatic heterocycles. The van der Waals surface area contributed by atoms with E-state index < -0.39 is 40.1 Å². The Balaban J connectivity index is 0.000000231. The fraction of sp³-hybridized carbons (Fsp3) is 0.231. The molecule has 0 aliphatic carbocycles. The lowest BCUT2D eigenvalue weighted by Crippen LogP contribution is -2.22. The first-order chi connectivity index (χ1) is 36.7. The number of aromatic amines is 1. The second-order valence-electron chi connectivity index (χ2n) is 18.6. The number of rotatable bonds is 19. The first kappa shape index (κ1) is 59.9. The van der Waals surface area contributed by atoms with Crippen LogP contribution < -0.4 is 18.9 Å². The van der Waals surface area contributed by atoms with Crippen molar-refractivity contribution in [1.29, 1.82) is 0 Å². The highest BCUT2D eigenvalue weighted by atomic mass is 35.5. The molecule has 26 heteroatoms. The Hall–Kier alpha value is -5.78. The first-order valence-electron chi connectivity index (χ1n) is 23.3. The maximum absolute atomic E-state index is 13.4. The van der Waals surface area contributed by atoms with Gasteiger partial charge in [-0.15, -0.1) is 0 Å². The van der Waals surface area contributed by atoms with Crippen molar-refractivity contribution in [2.45, 2.75) is 68.9 Å². The van der Waals surface area contributed by atoms with Gasteiger partial charge in [-0.1, -0.05) is 101 Å². The summed E-state index contributed by atoms with van der Waals surface area (Å²) < 4.78 is 87.7. The summed E-state index contributed by atoms with van der Waals surface area (Å²) in [6, 6.07) is 25.3. The summed E-state index contributed by atoms with van der Waals surface area (Å²) in [5.74, 6) is 1.30. The molecule has 8 rings (SSSR count). The van der Waals surface area contributed by atoms with Crippen LogP contribution in [0, 0.1) is 13.8 Å². The number of aromatic nitrogens is 4. The van der Waals surface area contributed by atoms with E-state index in [1.54, 1.807) is 67.6 Å². The third-order valence-electron chi connectivity index (χ3n) is 11.4. The number of ether oxygens (including phenoxy) is 5. The van der Waals surface area contributed by atoms with Gasteiger partial charge in [0, 0.05) is 36.9 Å². The number of hydrogen-bond donors (Lipinski definition) is 3. The third kappa shape index (κ3) is 15.3. The molecule has 2 heterocycles. The molecule has 8 aromatic rings. The van der Waals surface area contributed by atoms with Gasteiger partial charge < -0.3 is 33.2 Å². The number of hydrogen-bond acceptors (Lipinski definition) is 13. The summed E-state index contributed by atoms with van der Waals surface area (Å²) in [5.41, 5.74) is 3.84. The van der Waals surface area contributed by atoms with Crippen LogP contribution in [0.2, 0.25) is 55.8 Å². The lowest BCUT2D eigenvalue weighted by atomic mass is 10.1. The largest absolute Gasteiger partial charge is 0.469 e. The van der Waals surface area contributed by atoms with Crippen molar-refractivity contribution in [1.82, 2.24) is 19.5 Å². The SMILES string of the molecule is COC(=O)Cc1ccc(Oc2cc3c(cc2NS(=O)(=O)c2ccc(Cl)cc2Cl)nc(C)n3COCC[Si](C)(C)C)c(Cl)c1.COC(=O)Cc1ccc(Oc2cc3nc(C)[nH]c3cc2NS(=O)(=O)c2ccc(Cl)cc2Cl)c(Cl)c1. The van der Waals surface area contributed by atoms with Crippen molar-refractivity contribution >= 4 is 143 Å². The van der Waals surface area contributed by atoms with Crippen molar-refractivity contribution in [3.63, 3.8) is 0 Å². The molecule has 78 heavy (non-hydrogen) atoms. The summed E-state index contributed by atoms with van der Waals surface area (Å²) in [5, 5.41) is 0.971. The molecule has 0 amide bonds. The fourth-order valence-electron chi connectivity index (χ4n) is 7.44. The lowest BCUT2D eigenvalue weighted by Gasteiger charge is -2.17. The quantitative estimate of drug-likeness (QED) is 0.0390. The van der Waals surface area contributed by atoms with Crippen LogP contribution in [-0.4, -0.2) is 77.2 Å². The van der Waals surface area contributed by atoms with Crippen LogP contribution in [0.3, 0.4) is 0 Å². The average Bonchev–Trinajstić information content (AvgIpc) is 4.00. The number of methoxy groups -OCH3 is 2. The predicted molar refractivity (Wildman–Crippen MR) is 308 cm³/mol. The molecule has 0 unspecified atom stereocenters. The smallest absolute Gasteiger partial charge is 0.309 e. The molecule has 0 fully saturated rings. The molecule has 0 bridgehead atoms. The molecule has 412 valence electrons. The van der Waals surface area contributed by atoms with Crippen LogP contribution in [0.5, 0.6) is 23.0 Å².